The Bertz CT molecular complexity index is 1100. The number of ether oxygens (including phenoxy) is 2. The molecule has 1 heterocycles. The molecule has 0 aliphatic carbocycles. The highest BCUT2D eigenvalue weighted by Crippen LogP contribution is 2.41. The van der Waals surface area contributed by atoms with E-state index in [1.807, 2.05) is 62.4 Å². The molecule has 1 amide bonds. The Balaban J connectivity index is 1.54. The van der Waals surface area contributed by atoms with Crippen LogP contribution in [0.3, 0.4) is 0 Å². The Hall–Kier alpha value is -3.31. The highest BCUT2D eigenvalue weighted by Gasteiger charge is 2.35. The molecule has 0 saturated heterocycles. The molecule has 2 atom stereocenters. The molecule has 3 aromatic carbocycles. The highest BCUT2D eigenvalue weighted by atomic mass is 16.5. The summed E-state index contributed by atoms with van der Waals surface area (Å²) in [7, 11) is 1.62. The van der Waals surface area contributed by atoms with Crippen LogP contribution in [-0.4, -0.2) is 24.2 Å². The number of aliphatic hydroxyl groups is 1. The van der Waals surface area contributed by atoms with Crippen molar-refractivity contribution in [1.29, 1.82) is 0 Å². The molecule has 2 unspecified atom stereocenters. The van der Waals surface area contributed by atoms with Crippen LogP contribution in [0.2, 0.25) is 0 Å². The van der Waals surface area contributed by atoms with Gasteiger partial charge in [0.1, 0.15) is 0 Å². The molecule has 0 aromatic heterocycles. The minimum Gasteiger partial charge on any atom is -0.493 e. The molecular formula is C27H29NO4. The van der Waals surface area contributed by atoms with Gasteiger partial charge in [-0.2, -0.15) is 0 Å². The summed E-state index contributed by atoms with van der Waals surface area (Å²) in [6.45, 7) is 3.97. The van der Waals surface area contributed by atoms with E-state index in [0.29, 0.717) is 17.1 Å². The van der Waals surface area contributed by atoms with E-state index in [4.69, 9.17) is 9.47 Å². The van der Waals surface area contributed by atoms with Crippen molar-refractivity contribution >= 4 is 11.6 Å². The summed E-state index contributed by atoms with van der Waals surface area (Å²) in [6, 6.07) is 21.4. The van der Waals surface area contributed by atoms with Gasteiger partial charge in [0, 0.05) is 17.3 Å². The van der Waals surface area contributed by atoms with E-state index in [2.05, 4.69) is 12.1 Å². The van der Waals surface area contributed by atoms with Crippen molar-refractivity contribution < 1.29 is 19.4 Å². The van der Waals surface area contributed by atoms with Gasteiger partial charge in [-0.1, -0.05) is 42.5 Å². The Labute approximate surface area is 189 Å². The van der Waals surface area contributed by atoms with Crippen LogP contribution >= 0.6 is 0 Å². The van der Waals surface area contributed by atoms with Crippen LogP contribution in [-0.2, 0) is 13.0 Å². The molecular weight excluding hydrogens is 402 g/mol. The van der Waals surface area contributed by atoms with Gasteiger partial charge < -0.3 is 19.5 Å². The zero-order valence-corrected chi connectivity index (χ0v) is 18.7. The van der Waals surface area contributed by atoms with Crippen molar-refractivity contribution in [1.82, 2.24) is 0 Å². The first kappa shape index (κ1) is 21.9. The van der Waals surface area contributed by atoms with Gasteiger partial charge in [-0.25, -0.2) is 0 Å². The molecule has 0 radical (unpaired) electrons. The number of aliphatic hydroxyl groups excluding tert-OH is 1. The predicted octanol–water partition coefficient (Wildman–Crippen LogP) is 5.31. The molecule has 0 spiro atoms. The number of methoxy groups -OCH3 is 1. The number of hydrogen-bond donors (Lipinski definition) is 1. The zero-order valence-electron chi connectivity index (χ0n) is 18.7. The number of amides is 1. The molecule has 0 bridgehead atoms. The van der Waals surface area contributed by atoms with Crippen LogP contribution in [0.25, 0.3) is 0 Å². The normalized spacial score (nSPS) is 16.1. The van der Waals surface area contributed by atoms with Crippen molar-refractivity contribution in [2.45, 2.75) is 45.4 Å². The third-order valence-electron chi connectivity index (χ3n) is 6.02. The quantitative estimate of drug-likeness (QED) is 0.525. The Morgan fingerprint density at radius 2 is 1.78 bits per heavy atom. The van der Waals surface area contributed by atoms with Gasteiger partial charge in [-0.05, 0) is 61.6 Å². The van der Waals surface area contributed by atoms with E-state index in [1.54, 1.807) is 18.1 Å². The predicted molar refractivity (Wildman–Crippen MR) is 125 cm³/mol. The maximum absolute atomic E-state index is 13.2. The molecule has 0 fully saturated rings. The SMILES string of the molecule is COc1ccc(N2C(=O)c3cc(CO)ccc3C2C)cc1OC(C)CCc1ccccc1. The van der Waals surface area contributed by atoms with Gasteiger partial charge in [0.25, 0.3) is 5.91 Å². The number of carbonyl (C=O) groups is 1. The van der Waals surface area contributed by atoms with Gasteiger partial charge in [-0.15, -0.1) is 0 Å². The van der Waals surface area contributed by atoms with Crippen molar-refractivity contribution in [3.63, 3.8) is 0 Å². The largest absolute Gasteiger partial charge is 0.493 e. The number of hydrogen-bond acceptors (Lipinski definition) is 4. The van der Waals surface area contributed by atoms with Gasteiger partial charge in [0.2, 0.25) is 0 Å². The van der Waals surface area contributed by atoms with Crippen molar-refractivity contribution in [3.05, 3.63) is 89.0 Å². The first-order valence-electron chi connectivity index (χ1n) is 11.0. The molecule has 3 aromatic rings. The monoisotopic (exact) mass is 431 g/mol. The van der Waals surface area contributed by atoms with E-state index >= 15 is 0 Å². The highest BCUT2D eigenvalue weighted by molar-refractivity contribution is 6.11. The van der Waals surface area contributed by atoms with Gasteiger partial charge in [-0.3, -0.25) is 4.79 Å². The minimum atomic E-state index is -0.109. The summed E-state index contributed by atoms with van der Waals surface area (Å²) in [4.78, 5) is 15.0. The molecule has 166 valence electrons. The van der Waals surface area contributed by atoms with E-state index in [9.17, 15) is 9.90 Å². The Morgan fingerprint density at radius 1 is 1.00 bits per heavy atom. The minimum absolute atomic E-state index is 0.0182. The summed E-state index contributed by atoms with van der Waals surface area (Å²) < 4.78 is 11.8. The van der Waals surface area contributed by atoms with Gasteiger partial charge in [0.15, 0.2) is 11.5 Å². The van der Waals surface area contributed by atoms with Crippen molar-refractivity contribution in [3.8, 4) is 11.5 Å². The van der Waals surface area contributed by atoms with Crippen LogP contribution < -0.4 is 14.4 Å². The summed E-state index contributed by atoms with van der Waals surface area (Å²) >= 11 is 0. The lowest BCUT2D eigenvalue weighted by Crippen LogP contribution is -2.26. The molecule has 1 aliphatic rings. The molecule has 4 rings (SSSR count). The molecule has 0 saturated carbocycles. The number of rotatable bonds is 8. The third-order valence-corrected chi connectivity index (χ3v) is 6.02. The number of carbonyl (C=O) groups excluding carboxylic acids is 1. The van der Waals surface area contributed by atoms with Crippen LogP contribution in [0.5, 0.6) is 11.5 Å². The average molecular weight is 432 g/mol. The summed E-state index contributed by atoms with van der Waals surface area (Å²) in [5.41, 5.74) is 4.37. The standard InChI is InChI=1S/C27H29NO4/c1-18(9-10-20-7-5-4-6-8-20)32-26-16-22(12-14-25(26)31-3)28-19(2)23-13-11-21(17-29)15-24(23)27(28)30/h4-8,11-16,18-19,29H,9-10,17H2,1-3H3. The van der Waals surface area contributed by atoms with Crippen LogP contribution in [0, 0.1) is 0 Å². The number of nitrogens with zero attached hydrogens (tertiary/aromatic N) is 1. The second kappa shape index (κ2) is 9.45. The fourth-order valence-corrected chi connectivity index (χ4v) is 4.23. The van der Waals surface area contributed by atoms with E-state index < -0.39 is 0 Å². The first-order chi connectivity index (χ1) is 15.5. The summed E-state index contributed by atoms with van der Waals surface area (Å²) in [6.07, 6.45) is 1.77. The lowest BCUT2D eigenvalue weighted by molar-refractivity contribution is 0.0992. The Morgan fingerprint density at radius 3 is 2.50 bits per heavy atom. The fraction of sp³-hybridized carbons (Fsp3) is 0.296. The number of fused-ring (bicyclic) bond motifs is 1. The molecule has 1 N–H and O–H groups in total. The fourth-order valence-electron chi connectivity index (χ4n) is 4.23. The second-order valence-corrected chi connectivity index (χ2v) is 8.22. The second-order valence-electron chi connectivity index (χ2n) is 8.22. The Kier molecular flexibility index (Phi) is 6.47. The van der Waals surface area contributed by atoms with Crippen molar-refractivity contribution in [2.24, 2.45) is 0 Å². The van der Waals surface area contributed by atoms with E-state index in [-0.39, 0.29) is 24.7 Å². The maximum Gasteiger partial charge on any atom is 0.259 e. The van der Waals surface area contributed by atoms with Gasteiger partial charge in [0.05, 0.1) is 25.9 Å². The number of aryl methyl sites for hydroxylation is 1. The smallest absolute Gasteiger partial charge is 0.259 e. The topological polar surface area (TPSA) is 59.0 Å². The lowest BCUT2D eigenvalue weighted by Gasteiger charge is -2.24. The van der Waals surface area contributed by atoms with Crippen LogP contribution in [0.15, 0.2) is 66.7 Å². The number of benzene rings is 3. The summed E-state index contributed by atoms with van der Waals surface area (Å²) in [5.74, 6) is 1.19. The van der Waals surface area contributed by atoms with E-state index in [0.717, 1.165) is 29.7 Å². The average Bonchev–Trinajstić information content (AvgIpc) is 3.07. The maximum atomic E-state index is 13.2. The van der Waals surface area contributed by atoms with Crippen molar-refractivity contribution in [2.75, 3.05) is 12.0 Å². The lowest BCUT2D eigenvalue weighted by atomic mass is 10.0. The van der Waals surface area contributed by atoms with E-state index in [1.165, 1.54) is 5.56 Å². The molecule has 5 heteroatoms. The summed E-state index contributed by atoms with van der Waals surface area (Å²) in [5, 5.41) is 9.44. The molecule has 32 heavy (non-hydrogen) atoms. The molecule has 5 nitrogen and oxygen atoms in total. The zero-order chi connectivity index (χ0) is 22.7. The van der Waals surface area contributed by atoms with Gasteiger partial charge >= 0.3 is 0 Å². The third kappa shape index (κ3) is 4.34. The van der Waals surface area contributed by atoms with Crippen LogP contribution in [0.1, 0.15) is 53.4 Å². The molecule has 1 aliphatic heterocycles. The number of anilines is 1. The van der Waals surface area contributed by atoms with Crippen LogP contribution in [0.4, 0.5) is 5.69 Å². The first-order valence-corrected chi connectivity index (χ1v) is 11.0.